The predicted octanol–water partition coefficient (Wildman–Crippen LogP) is 3.56. The van der Waals surface area contributed by atoms with Crippen LogP contribution in [0.15, 0.2) is 6.08 Å². The minimum Gasteiger partial charge on any atom is -0.518 e. The number of halogens is 1. The standard InChI is InChI=1S/C8H15.HI.Zn/c1-3-5-7-8-6-4-2;;/h1,3H,4-8H2,2H3;1H;/q-1;;. The molecule has 0 atom stereocenters. The fourth-order valence-corrected chi connectivity index (χ4v) is 0.689. The maximum absolute atomic E-state index is 5.19. The molecule has 0 unspecified atom stereocenters. The van der Waals surface area contributed by atoms with Crippen LogP contribution >= 0.6 is 24.0 Å². The van der Waals surface area contributed by atoms with Crippen molar-refractivity contribution in [3.8, 4) is 0 Å². The third-order valence-electron chi connectivity index (χ3n) is 1.22. The summed E-state index contributed by atoms with van der Waals surface area (Å²) in [6.45, 7) is 7.40. The quantitative estimate of drug-likeness (QED) is 0.315. The second kappa shape index (κ2) is 16.6. The Labute approximate surface area is 94.6 Å². The third kappa shape index (κ3) is 16.0. The van der Waals surface area contributed by atoms with Crippen molar-refractivity contribution in [2.75, 3.05) is 0 Å². The van der Waals surface area contributed by atoms with Gasteiger partial charge < -0.3 is 6.58 Å². The zero-order valence-electron chi connectivity index (χ0n) is 6.81. The van der Waals surface area contributed by atoms with Gasteiger partial charge >= 0.3 is 0 Å². The Bertz CT molecular complexity index is 55.2. The molecule has 0 aliphatic carbocycles. The second-order valence-corrected chi connectivity index (χ2v) is 2.09. The Morgan fingerprint density at radius 1 is 1.20 bits per heavy atom. The second-order valence-electron chi connectivity index (χ2n) is 2.09. The molecule has 0 aromatic rings. The Kier molecular flexibility index (Phi) is 28.6. The summed E-state index contributed by atoms with van der Waals surface area (Å²) in [5.41, 5.74) is 0. The number of hydrogen-bond donors (Lipinski definition) is 0. The van der Waals surface area contributed by atoms with Gasteiger partial charge in [-0.25, -0.2) is 0 Å². The largest absolute Gasteiger partial charge is 0.518 e. The summed E-state index contributed by atoms with van der Waals surface area (Å²) in [6.07, 6.45) is 8.10. The summed E-state index contributed by atoms with van der Waals surface area (Å²) in [5.74, 6) is 0. The number of rotatable bonds is 5. The van der Waals surface area contributed by atoms with E-state index in [0.29, 0.717) is 0 Å². The van der Waals surface area contributed by atoms with Gasteiger partial charge in [0.25, 0.3) is 0 Å². The van der Waals surface area contributed by atoms with Crippen molar-refractivity contribution in [2.24, 2.45) is 0 Å². The molecule has 10 heavy (non-hydrogen) atoms. The molecule has 58 valence electrons. The van der Waals surface area contributed by atoms with Gasteiger partial charge in [0.15, 0.2) is 0 Å². The molecule has 0 radical (unpaired) electrons. The first-order chi connectivity index (χ1) is 3.91. The van der Waals surface area contributed by atoms with E-state index in [1.54, 1.807) is 6.08 Å². The van der Waals surface area contributed by atoms with E-state index in [1.807, 2.05) is 0 Å². The van der Waals surface area contributed by atoms with Gasteiger partial charge in [-0.05, 0) is 0 Å². The molecular weight excluding hydrogens is 288 g/mol. The summed E-state index contributed by atoms with van der Waals surface area (Å²) >= 11 is 0. The van der Waals surface area contributed by atoms with E-state index in [9.17, 15) is 0 Å². The first-order valence-electron chi connectivity index (χ1n) is 3.45. The van der Waals surface area contributed by atoms with Gasteiger partial charge in [0.1, 0.15) is 0 Å². The van der Waals surface area contributed by atoms with E-state index in [0.717, 1.165) is 6.42 Å². The molecule has 0 aliphatic heterocycles. The molecule has 0 saturated carbocycles. The Morgan fingerprint density at radius 2 is 1.80 bits per heavy atom. The first kappa shape index (κ1) is 17.3. The Hall–Kier alpha value is 1.09. The average molecular weight is 305 g/mol. The fourth-order valence-electron chi connectivity index (χ4n) is 0.689. The van der Waals surface area contributed by atoms with Crippen LogP contribution in [0.1, 0.15) is 39.0 Å². The van der Waals surface area contributed by atoms with Crippen molar-refractivity contribution in [1.29, 1.82) is 0 Å². The molecule has 0 N–H and O–H groups in total. The van der Waals surface area contributed by atoms with E-state index >= 15 is 0 Å². The summed E-state index contributed by atoms with van der Waals surface area (Å²) in [7, 11) is 0. The molecule has 0 bridgehead atoms. The summed E-state index contributed by atoms with van der Waals surface area (Å²) in [6, 6.07) is 0. The molecule has 0 nitrogen and oxygen atoms in total. The van der Waals surface area contributed by atoms with Crippen molar-refractivity contribution < 1.29 is 19.5 Å². The monoisotopic (exact) mass is 303 g/mol. The zero-order valence-corrected chi connectivity index (χ0v) is 12.1. The summed E-state index contributed by atoms with van der Waals surface area (Å²) < 4.78 is 0. The molecule has 0 amide bonds. The Balaban J connectivity index is -0.000000245. The van der Waals surface area contributed by atoms with Crippen LogP contribution in [-0.4, -0.2) is 0 Å². The van der Waals surface area contributed by atoms with Crippen LogP contribution in [0, 0.1) is 6.58 Å². The smallest absolute Gasteiger partial charge is 0 e. The van der Waals surface area contributed by atoms with Crippen LogP contribution in [0.25, 0.3) is 0 Å². The molecule has 0 rings (SSSR count). The number of allylic oxidation sites excluding steroid dienone is 1. The van der Waals surface area contributed by atoms with Crippen molar-refractivity contribution in [3.05, 3.63) is 12.7 Å². The molecular formula is C8H16IZn-. The van der Waals surface area contributed by atoms with Gasteiger partial charge in [0, 0.05) is 19.5 Å². The van der Waals surface area contributed by atoms with Gasteiger partial charge in [-0.3, -0.25) is 6.08 Å². The SMILES string of the molecule is I.[CH-]=CCCCCCC.[Zn]. The van der Waals surface area contributed by atoms with Crippen molar-refractivity contribution >= 4 is 24.0 Å². The van der Waals surface area contributed by atoms with Gasteiger partial charge in [-0.1, -0.05) is 39.0 Å². The average Bonchev–Trinajstić information content (AvgIpc) is 1.81. The van der Waals surface area contributed by atoms with Crippen LogP contribution < -0.4 is 0 Å². The molecule has 2 heteroatoms. The summed E-state index contributed by atoms with van der Waals surface area (Å²) in [4.78, 5) is 0. The van der Waals surface area contributed by atoms with Crippen LogP contribution in [0.3, 0.4) is 0 Å². The van der Waals surface area contributed by atoms with Crippen LogP contribution in [0.2, 0.25) is 0 Å². The van der Waals surface area contributed by atoms with Gasteiger partial charge in [-0.2, -0.15) is 0 Å². The molecule has 0 saturated heterocycles. The maximum Gasteiger partial charge on any atom is 0 e. The van der Waals surface area contributed by atoms with Crippen LogP contribution in [0.5, 0.6) is 0 Å². The van der Waals surface area contributed by atoms with Crippen molar-refractivity contribution in [3.63, 3.8) is 0 Å². The van der Waals surface area contributed by atoms with Crippen LogP contribution in [0.4, 0.5) is 0 Å². The van der Waals surface area contributed by atoms with Crippen LogP contribution in [-0.2, 0) is 19.5 Å². The molecule has 0 fully saturated rings. The normalized spacial score (nSPS) is 7.30. The third-order valence-corrected chi connectivity index (χ3v) is 1.22. The van der Waals surface area contributed by atoms with Gasteiger partial charge in [0.05, 0.1) is 0 Å². The predicted molar refractivity (Wildman–Crippen MR) is 53.0 cm³/mol. The van der Waals surface area contributed by atoms with E-state index in [2.05, 4.69) is 6.92 Å². The zero-order chi connectivity index (χ0) is 6.24. The maximum atomic E-state index is 5.19. The van der Waals surface area contributed by atoms with E-state index < -0.39 is 0 Å². The van der Waals surface area contributed by atoms with E-state index in [4.69, 9.17) is 6.58 Å². The molecule has 0 spiro atoms. The van der Waals surface area contributed by atoms with Gasteiger partial charge in [0.2, 0.25) is 0 Å². The minimum atomic E-state index is 0. The topological polar surface area (TPSA) is 0 Å². The fraction of sp³-hybridized carbons (Fsp3) is 0.750. The first-order valence-corrected chi connectivity index (χ1v) is 3.45. The van der Waals surface area contributed by atoms with E-state index in [-0.39, 0.29) is 43.5 Å². The molecule has 0 aromatic carbocycles. The molecule has 0 aliphatic rings. The summed E-state index contributed by atoms with van der Waals surface area (Å²) in [5, 5.41) is 0. The number of hydrogen-bond acceptors (Lipinski definition) is 0. The Morgan fingerprint density at radius 3 is 2.20 bits per heavy atom. The van der Waals surface area contributed by atoms with Gasteiger partial charge in [-0.15, -0.1) is 24.0 Å². The van der Waals surface area contributed by atoms with Crippen molar-refractivity contribution in [1.82, 2.24) is 0 Å². The minimum absolute atomic E-state index is 0. The van der Waals surface area contributed by atoms with E-state index in [1.165, 1.54) is 25.7 Å². The molecule has 0 aromatic heterocycles. The molecule has 0 heterocycles. The number of unbranched alkanes of at least 4 members (excludes halogenated alkanes) is 4. The van der Waals surface area contributed by atoms with Crippen molar-refractivity contribution in [2.45, 2.75) is 39.0 Å².